The summed E-state index contributed by atoms with van der Waals surface area (Å²) in [6.07, 6.45) is 12.8. The summed E-state index contributed by atoms with van der Waals surface area (Å²) < 4.78 is 0. The maximum Gasteiger partial charge on any atom is 0.218 e. The fourth-order valence-electron chi connectivity index (χ4n) is 12.1. The predicted octanol–water partition coefficient (Wildman–Crippen LogP) is 20.1. The zero-order valence-corrected chi connectivity index (χ0v) is 70.9. The van der Waals surface area contributed by atoms with Crippen molar-refractivity contribution in [2.24, 2.45) is 0 Å². The van der Waals surface area contributed by atoms with Crippen molar-refractivity contribution in [1.82, 2.24) is 49.8 Å². The topological polar surface area (TPSA) is 307 Å². The third-order valence-corrected chi connectivity index (χ3v) is 18.2. The smallest absolute Gasteiger partial charge is 0.218 e. The highest BCUT2D eigenvalue weighted by Crippen LogP contribution is 2.28. The van der Waals surface area contributed by atoms with Gasteiger partial charge in [0.2, 0.25) is 10.5 Å². The van der Waals surface area contributed by atoms with Gasteiger partial charge in [0.05, 0.1) is 124 Å². The Balaban J connectivity index is 0.000000169. The van der Waals surface area contributed by atoms with E-state index in [2.05, 4.69) is 188 Å². The average Bonchev–Trinajstić information content (AvgIpc) is 0.811. The van der Waals surface area contributed by atoms with Crippen molar-refractivity contribution in [2.45, 2.75) is 107 Å². The number of aromatic hydroxyl groups is 2. The zero-order chi connectivity index (χ0) is 87.3. The molecule has 616 valence electrons. The first-order valence-corrected chi connectivity index (χ1v) is 40.1. The first kappa shape index (κ1) is 91.6. The molecule has 122 heavy (non-hydrogen) atoms. The summed E-state index contributed by atoms with van der Waals surface area (Å²) in [7, 11) is 0. The quantitative estimate of drug-likeness (QED) is 0.0486. The van der Waals surface area contributed by atoms with E-state index < -0.39 is 0 Å². The van der Waals surface area contributed by atoms with Gasteiger partial charge < -0.3 is 21.7 Å². The Morgan fingerprint density at radius 2 is 0.443 bits per heavy atom. The molecule has 5 heterocycles. The minimum atomic E-state index is -0.361. The summed E-state index contributed by atoms with van der Waals surface area (Å²) in [5.74, 6) is 1.64. The summed E-state index contributed by atoms with van der Waals surface area (Å²) in [5, 5.41) is 18.0. The predicted molar refractivity (Wildman–Crippen MR) is 486 cm³/mol. The Morgan fingerprint density at radius 3 is 0.648 bits per heavy atom. The molecule has 0 unspecified atom stereocenters. The monoisotopic (exact) mass is 1660 g/mol. The second-order valence-electron chi connectivity index (χ2n) is 28.7. The number of halogens is 2. The molecular weight excluding hydrogens is 1560 g/mol. The van der Waals surface area contributed by atoms with E-state index in [1.165, 1.54) is 36.1 Å². The van der Waals surface area contributed by atoms with Crippen LogP contribution < -0.4 is 11.5 Å². The minimum absolute atomic E-state index is 0.0657. The van der Waals surface area contributed by atoms with E-state index in [0.29, 0.717) is 62.3 Å². The highest BCUT2D eigenvalue weighted by Gasteiger charge is 2.17. The summed E-state index contributed by atoms with van der Waals surface area (Å²) in [4.78, 5) is 98.7. The first-order valence-electron chi connectivity index (χ1n) is 39.3. The Kier molecular flexibility index (Phi) is 35.6. The van der Waals surface area contributed by atoms with Crippen molar-refractivity contribution in [3.05, 3.63) is 394 Å². The number of nitrogens with zero attached hydrogens (tertiary/aromatic N) is 10. The van der Waals surface area contributed by atoms with Crippen LogP contribution in [0.4, 0.5) is 11.6 Å². The summed E-state index contributed by atoms with van der Waals surface area (Å²) in [5.41, 5.74) is 36.6. The van der Waals surface area contributed by atoms with Gasteiger partial charge in [-0.25, -0.2) is 34.9 Å². The van der Waals surface area contributed by atoms with E-state index in [0.717, 1.165) is 118 Å². The lowest BCUT2D eigenvalue weighted by Gasteiger charge is -2.10. The number of nitrogen functional groups attached to an aromatic ring is 2. The van der Waals surface area contributed by atoms with E-state index in [1.54, 1.807) is 88.2 Å². The van der Waals surface area contributed by atoms with Crippen LogP contribution in [0.15, 0.2) is 304 Å². The molecule has 0 saturated carbocycles. The molecule has 0 aliphatic rings. The van der Waals surface area contributed by atoms with E-state index in [4.69, 9.17) is 26.4 Å². The third-order valence-electron chi connectivity index (χ3n) is 18.2. The van der Waals surface area contributed by atoms with Crippen molar-refractivity contribution in [2.75, 3.05) is 11.5 Å². The number of carbonyl (C=O) groups is 5. The molecule has 0 radical (unpaired) electrons. The van der Waals surface area contributed by atoms with Crippen LogP contribution in [-0.2, 0) is 75.3 Å². The summed E-state index contributed by atoms with van der Waals surface area (Å²) >= 11 is 9.27. The molecule has 15 aromatic rings. The Labute approximate surface area is 722 Å². The van der Waals surface area contributed by atoms with Crippen molar-refractivity contribution < 1.29 is 34.2 Å². The second-order valence-corrected chi connectivity index (χ2v) is 29.8. The van der Waals surface area contributed by atoms with Crippen LogP contribution in [-0.4, -0.2) is 87.9 Å². The van der Waals surface area contributed by atoms with Gasteiger partial charge in [-0.3, -0.25) is 38.9 Å². The van der Waals surface area contributed by atoms with Crippen LogP contribution in [0, 0.1) is 20.8 Å². The number of Topliss-reactive ketones (excluding diaryl/α,β-unsaturated/α-hetero) is 3. The lowest BCUT2D eigenvalue weighted by atomic mass is 10.0. The Hall–Kier alpha value is -14.3. The third kappa shape index (κ3) is 31.2. The summed E-state index contributed by atoms with van der Waals surface area (Å²) in [6.45, 7) is 13.5. The highest BCUT2D eigenvalue weighted by molar-refractivity contribution is 6.63. The number of ketones is 3. The van der Waals surface area contributed by atoms with Gasteiger partial charge in [0.1, 0.15) is 40.5 Å². The second kappa shape index (κ2) is 47.4. The number of hydrogen-bond acceptors (Lipinski definition) is 19. The molecule has 0 fully saturated rings. The van der Waals surface area contributed by atoms with Crippen molar-refractivity contribution in [3.8, 4) is 67.8 Å². The molecule has 0 spiro atoms. The van der Waals surface area contributed by atoms with Gasteiger partial charge >= 0.3 is 0 Å². The minimum Gasteiger partial charge on any atom is -0.508 e. The van der Waals surface area contributed by atoms with E-state index >= 15 is 0 Å². The number of aryl methyl sites for hydroxylation is 3. The van der Waals surface area contributed by atoms with Gasteiger partial charge in [-0.15, -0.1) is 0 Å². The van der Waals surface area contributed by atoms with Crippen LogP contribution in [0.5, 0.6) is 11.5 Å². The van der Waals surface area contributed by atoms with Crippen molar-refractivity contribution >= 4 is 62.7 Å². The number of anilines is 2. The lowest BCUT2D eigenvalue weighted by Crippen LogP contribution is -2.08. The number of phenolic OH excluding ortho intramolecular Hbond substituents is 2. The van der Waals surface area contributed by atoms with Gasteiger partial charge in [-0.2, -0.15) is 0 Å². The van der Waals surface area contributed by atoms with E-state index in [9.17, 15) is 34.2 Å². The van der Waals surface area contributed by atoms with Crippen LogP contribution in [0.2, 0.25) is 0 Å². The first-order chi connectivity index (χ1) is 58.7. The molecule has 21 heteroatoms. The number of hydrogen-bond donors (Lipinski definition) is 4. The van der Waals surface area contributed by atoms with Crippen LogP contribution in [0.1, 0.15) is 125 Å². The summed E-state index contributed by atoms with van der Waals surface area (Å²) in [6, 6.07) is 89.0. The number of aromatic nitrogens is 10. The molecule has 0 aliphatic heterocycles. The molecule has 15 rings (SSSR count). The normalized spacial score (nSPS) is 10.3. The molecule has 19 nitrogen and oxygen atoms in total. The molecule has 0 amide bonds. The van der Waals surface area contributed by atoms with Crippen LogP contribution in [0.25, 0.3) is 56.3 Å². The van der Waals surface area contributed by atoms with Gasteiger partial charge in [0, 0.05) is 73.8 Å². The molecule has 5 aromatic heterocycles. The molecule has 0 atom stereocenters. The van der Waals surface area contributed by atoms with Gasteiger partial charge in [0.25, 0.3) is 0 Å². The Morgan fingerprint density at radius 1 is 0.262 bits per heavy atom. The standard InChI is InChI=1S/2C21H20N2O.C20H18N2O2.C18H17N3.C17H15N3O.2C2H3ClO/c2*1-15-8-10-18(11-9-15)21-14-22-19(12-16(2)24)20(23-21)13-17-6-4-3-5-7-17;1-14(23)11-18-19(12-15-5-3-2-4-6-15)22-20(13-21-18)16-7-9-17(24)10-8-16;1-13-7-9-15(10-8-13)17-12-20-18(19)16(21-17)11-14-5-3-2-4-6-14;18-17-15(10-12-4-2-1-3-5-12)20-16(11-19-17)13-6-8-14(21)9-7-13;2*1-2(3)4/h2*3-11,14H,12-13H2,1-2H3;2-10,13,24H,11-12H2,1H3;2-10,12H,11H2,1H3,(H2,19,20);1-9,11,21H,10H2,(H2,18,19);2*1H3. The number of carbonyl (C=O) groups excluding carboxylic acids is 5. The molecular formula is C101H96Cl2N12O7. The van der Waals surface area contributed by atoms with E-state index in [1.807, 2.05) is 127 Å². The molecule has 10 aromatic carbocycles. The fraction of sp³-hybridized carbons (Fsp3) is 0.158. The average molecular weight is 1660 g/mol. The molecule has 0 saturated heterocycles. The number of phenols is 2. The number of nitrogens with two attached hydrogens (primary N) is 2. The number of rotatable bonds is 21. The van der Waals surface area contributed by atoms with Crippen molar-refractivity contribution in [1.29, 1.82) is 0 Å². The largest absolute Gasteiger partial charge is 0.508 e. The van der Waals surface area contributed by atoms with Gasteiger partial charge in [-0.1, -0.05) is 241 Å². The molecule has 6 N–H and O–H groups in total. The zero-order valence-electron chi connectivity index (χ0n) is 69.3. The van der Waals surface area contributed by atoms with Gasteiger partial charge in [0.15, 0.2) is 0 Å². The van der Waals surface area contributed by atoms with Crippen LogP contribution >= 0.6 is 23.2 Å². The maximum atomic E-state index is 11.5. The highest BCUT2D eigenvalue weighted by atomic mass is 35.5. The SMILES string of the molecule is CC(=O)Cc1ncc(-c2ccc(C)cc2)nc1Cc1ccccc1.CC(=O)Cc1ncc(-c2ccc(C)cc2)nc1Cc1ccccc1.CC(=O)Cc1ncc(-c2ccc(O)cc2)nc1Cc1ccccc1.CC(=O)Cl.CC(=O)Cl.Cc1ccc(-c2cnc(N)c(Cc3ccccc3)n2)cc1.Nc1ncc(-c2ccc(O)cc2)nc1Cc1ccccc1. The number of benzene rings is 10. The van der Waals surface area contributed by atoms with Crippen molar-refractivity contribution in [3.63, 3.8) is 0 Å². The Bertz CT molecular complexity index is 5390. The van der Waals surface area contributed by atoms with Gasteiger partial charge in [-0.05, 0) is 141 Å². The fourth-order valence-corrected chi connectivity index (χ4v) is 12.1. The van der Waals surface area contributed by atoms with E-state index in [-0.39, 0.29) is 45.8 Å². The molecule has 0 aliphatic carbocycles. The van der Waals surface area contributed by atoms with Crippen LogP contribution in [0.3, 0.4) is 0 Å². The lowest BCUT2D eigenvalue weighted by molar-refractivity contribution is -0.117. The maximum absolute atomic E-state index is 11.5. The molecule has 0 bridgehead atoms.